The SMILES string of the molecule is COc1ncc(CN(C)Cc2csc(C(C)C)n2)cn1. The second-order valence-electron chi connectivity index (χ2n) is 5.08. The van der Waals surface area contributed by atoms with E-state index >= 15 is 0 Å². The molecule has 6 heteroatoms. The van der Waals surface area contributed by atoms with E-state index in [1.165, 1.54) is 5.01 Å². The minimum atomic E-state index is 0.400. The van der Waals surface area contributed by atoms with E-state index in [0.29, 0.717) is 11.9 Å². The van der Waals surface area contributed by atoms with Crippen LogP contribution >= 0.6 is 11.3 Å². The number of hydrogen-bond donors (Lipinski definition) is 0. The van der Waals surface area contributed by atoms with Crippen LogP contribution in [0.3, 0.4) is 0 Å². The summed E-state index contributed by atoms with van der Waals surface area (Å²) in [5, 5.41) is 3.33. The van der Waals surface area contributed by atoms with Crippen molar-refractivity contribution in [3.8, 4) is 6.01 Å². The number of nitrogens with zero attached hydrogens (tertiary/aromatic N) is 4. The van der Waals surface area contributed by atoms with Crippen molar-refractivity contribution in [1.82, 2.24) is 19.9 Å². The van der Waals surface area contributed by atoms with Crippen molar-refractivity contribution in [2.75, 3.05) is 14.2 Å². The molecule has 108 valence electrons. The Morgan fingerprint density at radius 1 is 1.25 bits per heavy atom. The van der Waals surface area contributed by atoms with Gasteiger partial charge >= 0.3 is 6.01 Å². The quantitative estimate of drug-likeness (QED) is 0.819. The molecule has 0 saturated carbocycles. The molecule has 20 heavy (non-hydrogen) atoms. The van der Waals surface area contributed by atoms with Gasteiger partial charge in [0.15, 0.2) is 0 Å². The largest absolute Gasteiger partial charge is 0.467 e. The second kappa shape index (κ2) is 6.76. The molecule has 0 radical (unpaired) electrons. The molecule has 0 amide bonds. The maximum absolute atomic E-state index is 4.95. The molecule has 0 spiro atoms. The van der Waals surface area contributed by atoms with E-state index in [1.807, 2.05) is 0 Å². The first-order valence-corrected chi connectivity index (χ1v) is 7.44. The molecule has 0 aliphatic heterocycles. The highest BCUT2D eigenvalue weighted by Gasteiger charge is 2.08. The van der Waals surface area contributed by atoms with Gasteiger partial charge in [-0.15, -0.1) is 11.3 Å². The standard InChI is InChI=1S/C14H20N4OS/c1-10(2)13-17-12(9-20-13)8-18(3)7-11-5-15-14(19-4)16-6-11/h5-6,9-10H,7-8H2,1-4H3. The van der Waals surface area contributed by atoms with E-state index in [9.17, 15) is 0 Å². The molecule has 0 N–H and O–H groups in total. The predicted octanol–water partition coefficient (Wildman–Crippen LogP) is 2.70. The van der Waals surface area contributed by atoms with Gasteiger partial charge in [-0.25, -0.2) is 15.0 Å². The molecule has 2 aromatic rings. The summed E-state index contributed by atoms with van der Waals surface area (Å²) in [6.45, 7) is 5.95. The lowest BCUT2D eigenvalue weighted by Gasteiger charge is -2.14. The Kier molecular flexibility index (Phi) is 5.03. The van der Waals surface area contributed by atoms with Crippen LogP contribution in [0.2, 0.25) is 0 Å². The molecule has 0 atom stereocenters. The number of ether oxygens (including phenoxy) is 1. The molecule has 2 heterocycles. The summed E-state index contributed by atoms with van der Waals surface area (Å²) in [5.41, 5.74) is 2.18. The van der Waals surface area contributed by atoms with Gasteiger partial charge in [0.2, 0.25) is 0 Å². The zero-order chi connectivity index (χ0) is 14.5. The Morgan fingerprint density at radius 3 is 2.50 bits per heavy atom. The Hall–Kier alpha value is -1.53. The summed E-state index contributed by atoms with van der Waals surface area (Å²) in [7, 11) is 3.63. The summed E-state index contributed by atoms with van der Waals surface area (Å²) in [6.07, 6.45) is 3.59. The molecule has 0 bridgehead atoms. The second-order valence-corrected chi connectivity index (χ2v) is 5.97. The Labute approximate surface area is 123 Å². The molecule has 2 aromatic heterocycles. The lowest BCUT2D eigenvalue weighted by Crippen LogP contribution is -2.17. The first kappa shape index (κ1) is 14.9. The molecule has 0 aromatic carbocycles. The van der Waals surface area contributed by atoms with Crippen molar-refractivity contribution >= 4 is 11.3 Å². The van der Waals surface area contributed by atoms with Crippen LogP contribution in [0, 0.1) is 0 Å². The van der Waals surface area contributed by atoms with E-state index < -0.39 is 0 Å². The smallest absolute Gasteiger partial charge is 0.316 e. The zero-order valence-corrected chi connectivity index (χ0v) is 13.1. The van der Waals surface area contributed by atoms with E-state index in [1.54, 1.807) is 30.8 Å². The van der Waals surface area contributed by atoms with Crippen LogP contribution in [0.5, 0.6) is 6.01 Å². The van der Waals surface area contributed by atoms with Crippen LogP contribution in [-0.4, -0.2) is 34.0 Å². The average Bonchev–Trinajstić information content (AvgIpc) is 2.88. The maximum Gasteiger partial charge on any atom is 0.316 e. The van der Waals surface area contributed by atoms with Crippen molar-refractivity contribution < 1.29 is 4.74 Å². The van der Waals surface area contributed by atoms with Crippen LogP contribution in [0.15, 0.2) is 17.8 Å². The third kappa shape index (κ3) is 3.98. The van der Waals surface area contributed by atoms with Crippen LogP contribution in [0.4, 0.5) is 0 Å². The van der Waals surface area contributed by atoms with Gasteiger partial charge in [-0.3, -0.25) is 4.90 Å². The van der Waals surface area contributed by atoms with Gasteiger partial charge in [-0.05, 0) is 7.05 Å². The van der Waals surface area contributed by atoms with Crippen molar-refractivity contribution in [3.05, 3.63) is 34.0 Å². The molecule has 2 rings (SSSR count). The van der Waals surface area contributed by atoms with E-state index in [0.717, 1.165) is 24.3 Å². The van der Waals surface area contributed by atoms with E-state index in [4.69, 9.17) is 4.74 Å². The number of thiazole rings is 1. The first-order valence-electron chi connectivity index (χ1n) is 6.56. The van der Waals surface area contributed by atoms with Gasteiger partial charge in [-0.2, -0.15) is 0 Å². The monoisotopic (exact) mass is 292 g/mol. The van der Waals surface area contributed by atoms with Gasteiger partial charge in [0.1, 0.15) is 0 Å². The summed E-state index contributed by atoms with van der Waals surface area (Å²) < 4.78 is 4.95. The van der Waals surface area contributed by atoms with Gasteiger partial charge in [0.05, 0.1) is 17.8 Å². The normalized spacial score (nSPS) is 11.3. The van der Waals surface area contributed by atoms with Crippen molar-refractivity contribution in [3.63, 3.8) is 0 Å². The highest BCUT2D eigenvalue weighted by atomic mass is 32.1. The lowest BCUT2D eigenvalue weighted by molar-refractivity contribution is 0.313. The molecule has 5 nitrogen and oxygen atoms in total. The highest BCUT2D eigenvalue weighted by Crippen LogP contribution is 2.20. The fraction of sp³-hybridized carbons (Fsp3) is 0.500. The Bertz CT molecular complexity index is 538. The van der Waals surface area contributed by atoms with Gasteiger partial charge in [0, 0.05) is 42.3 Å². The van der Waals surface area contributed by atoms with Crippen LogP contribution in [0.25, 0.3) is 0 Å². The summed E-state index contributed by atoms with van der Waals surface area (Å²) in [5.74, 6) is 0.494. The molecule has 0 aliphatic rings. The first-order chi connectivity index (χ1) is 9.58. The average molecular weight is 292 g/mol. The van der Waals surface area contributed by atoms with Crippen molar-refractivity contribution in [1.29, 1.82) is 0 Å². The molecular formula is C14H20N4OS. The highest BCUT2D eigenvalue weighted by molar-refractivity contribution is 7.09. The van der Waals surface area contributed by atoms with Gasteiger partial charge < -0.3 is 4.74 Å². The van der Waals surface area contributed by atoms with E-state index in [2.05, 4.69) is 46.1 Å². The summed E-state index contributed by atoms with van der Waals surface area (Å²) in [6, 6.07) is 0.400. The number of methoxy groups -OCH3 is 1. The minimum absolute atomic E-state index is 0.400. The summed E-state index contributed by atoms with van der Waals surface area (Å²) >= 11 is 1.73. The Morgan fingerprint density at radius 2 is 1.95 bits per heavy atom. The molecule has 0 fully saturated rings. The third-order valence-electron chi connectivity index (χ3n) is 2.81. The van der Waals surface area contributed by atoms with Crippen LogP contribution in [0.1, 0.15) is 36.0 Å². The van der Waals surface area contributed by atoms with E-state index in [-0.39, 0.29) is 0 Å². The molecule has 0 saturated heterocycles. The zero-order valence-electron chi connectivity index (χ0n) is 12.3. The number of aromatic nitrogens is 3. The van der Waals surface area contributed by atoms with Crippen LogP contribution < -0.4 is 4.74 Å². The fourth-order valence-corrected chi connectivity index (χ4v) is 2.66. The Balaban J connectivity index is 1.92. The third-order valence-corrected chi connectivity index (χ3v) is 4.01. The summed E-state index contributed by atoms with van der Waals surface area (Å²) in [4.78, 5) is 15.1. The topological polar surface area (TPSA) is 51.1 Å². The van der Waals surface area contributed by atoms with Gasteiger partial charge in [-0.1, -0.05) is 13.8 Å². The van der Waals surface area contributed by atoms with Gasteiger partial charge in [0.25, 0.3) is 0 Å². The predicted molar refractivity (Wildman–Crippen MR) is 80.0 cm³/mol. The maximum atomic E-state index is 4.95. The molecule has 0 unspecified atom stereocenters. The lowest BCUT2D eigenvalue weighted by atomic mass is 10.2. The fourth-order valence-electron chi connectivity index (χ4n) is 1.83. The van der Waals surface area contributed by atoms with Crippen molar-refractivity contribution in [2.45, 2.75) is 32.9 Å². The minimum Gasteiger partial charge on any atom is -0.467 e. The molecular weight excluding hydrogens is 272 g/mol. The molecule has 0 aliphatic carbocycles. The van der Waals surface area contributed by atoms with Crippen LogP contribution in [-0.2, 0) is 13.1 Å². The number of rotatable bonds is 6. The number of hydrogen-bond acceptors (Lipinski definition) is 6. The van der Waals surface area contributed by atoms with Crippen molar-refractivity contribution in [2.24, 2.45) is 0 Å².